The first-order valence-electron chi connectivity index (χ1n) is 9.88. The molecule has 4 aliphatic rings. The molecule has 3 saturated heterocycles. The lowest BCUT2D eigenvalue weighted by molar-refractivity contribution is -1.10. The van der Waals surface area contributed by atoms with Crippen molar-refractivity contribution in [1.29, 1.82) is 0 Å². The van der Waals surface area contributed by atoms with E-state index >= 15 is 0 Å². The summed E-state index contributed by atoms with van der Waals surface area (Å²) in [5.74, 6) is 0.931. The minimum Gasteiger partial charge on any atom is -0.276 e. The molecule has 2 bridgehead atoms. The van der Waals surface area contributed by atoms with E-state index in [0.717, 1.165) is 51.2 Å². The number of carbonyl (C=O) groups excluding carboxylic acids is 1. The Labute approximate surface area is 145 Å². The maximum atomic E-state index is 13.5. The van der Waals surface area contributed by atoms with Crippen molar-refractivity contribution in [3.05, 3.63) is 35.9 Å². The van der Waals surface area contributed by atoms with E-state index in [2.05, 4.69) is 24.3 Å². The molecule has 1 saturated carbocycles. The van der Waals surface area contributed by atoms with E-state index in [1.165, 1.54) is 37.7 Å². The summed E-state index contributed by atoms with van der Waals surface area (Å²) in [4.78, 5) is 19.8. The van der Waals surface area contributed by atoms with Gasteiger partial charge in [0, 0.05) is 19.3 Å². The Hall–Kier alpha value is -1.35. The maximum Gasteiger partial charge on any atom is 0.377 e. The Kier molecular flexibility index (Phi) is 4.38. The monoisotopic (exact) mass is 328 g/mol. The molecule has 1 aromatic rings. The van der Waals surface area contributed by atoms with Crippen molar-refractivity contribution in [2.45, 2.75) is 63.2 Å². The van der Waals surface area contributed by atoms with Gasteiger partial charge in [0.2, 0.25) is 0 Å². The SMILES string of the molecule is O=C(O[N+]12CCC(CC1)CC2)C1(c2ccccc2)CCCCCC1. The van der Waals surface area contributed by atoms with Crippen LogP contribution in [0, 0.1) is 5.92 Å². The van der Waals surface area contributed by atoms with E-state index < -0.39 is 5.41 Å². The van der Waals surface area contributed by atoms with Crippen LogP contribution < -0.4 is 0 Å². The topological polar surface area (TPSA) is 26.3 Å². The van der Waals surface area contributed by atoms with Crippen molar-refractivity contribution in [2.24, 2.45) is 5.92 Å². The van der Waals surface area contributed by atoms with Crippen LogP contribution in [0.25, 0.3) is 0 Å². The van der Waals surface area contributed by atoms with E-state index in [4.69, 9.17) is 4.84 Å². The van der Waals surface area contributed by atoms with Gasteiger partial charge in [0.1, 0.15) is 19.6 Å². The van der Waals surface area contributed by atoms with Crippen molar-refractivity contribution in [2.75, 3.05) is 19.6 Å². The molecule has 3 aliphatic heterocycles. The molecule has 0 aromatic heterocycles. The smallest absolute Gasteiger partial charge is 0.276 e. The van der Waals surface area contributed by atoms with Crippen LogP contribution in [0.4, 0.5) is 0 Å². The summed E-state index contributed by atoms with van der Waals surface area (Å²) < 4.78 is 0.601. The number of hydrogen-bond donors (Lipinski definition) is 0. The molecule has 0 spiro atoms. The summed E-state index contributed by atoms with van der Waals surface area (Å²) in [6.07, 6.45) is 10.3. The Balaban J connectivity index is 1.62. The van der Waals surface area contributed by atoms with Crippen molar-refractivity contribution >= 4 is 5.97 Å². The quantitative estimate of drug-likeness (QED) is 0.608. The number of benzene rings is 1. The highest BCUT2D eigenvalue weighted by Crippen LogP contribution is 2.42. The van der Waals surface area contributed by atoms with E-state index in [1.807, 2.05) is 6.07 Å². The molecule has 4 fully saturated rings. The van der Waals surface area contributed by atoms with Gasteiger partial charge < -0.3 is 0 Å². The highest BCUT2D eigenvalue weighted by molar-refractivity contribution is 5.82. The summed E-state index contributed by atoms with van der Waals surface area (Å²) in [6, 6.07) is 10.4. The minimum absolute atomic E-state index is 0.0518. The van der Waals surface area contributed by atoms with Crippen LogP contribution >= 0.6 is 0 Å². The molecule has 0 atom stereocenters. The number of fused-ring (bicyclic) bond motifs is 3. The van der Waals surface area contributed by atoms with Crippen molar-refractivity contribution in [3.8, 4) is 0 Å². The number of rotatable bonds is 3. The molecule has 0 unspecified atom stereocenters. The second kappa shape index (κ2) is 6.51. The van der Waals surface area contributed by atoms with Crippen LogP contribution in [0.1, 0.15) is 63.4 Å². The first-order valence-corrected chi connectivity index (χ1v) is 9.88. The normalized spacial score (nSPS) is 32.1. The molecule has 0 radical (unpaired) electrons. The summed E-state index contributed by atoms with van der Waals surface area (Å²) in [5.41, 5.74) is 0.751. The molecule has 24 heavy (non-hydrogen) atoms. The zero-order valence-corrected chi connectivity index (χ0v) is 14.7. The Morgan fingerprint density at radius 1 is 0.917 bits per heavy atom. The highest BCUT2D eigenvalue weighted by atomic mass is 16.7. The Bertz CT molecular complexity index is 553. The molecular weight excluding hydrogens is 298 g/mol. The van der Waals surface area contributed by atoms with Crippen molar-refractivity contribution < 1.29 is 14.3 Å². The fraction of sp³-hybridized carbons (Fsp3) is 0.667. The summed E-state index contributed by atoms with van der Waals surface area (Å²) in [5, 5.41) is 0. The van der Waals surface area contributed by atoms with Crippen LogP contribution in [-0.4, -0.2) is 30.2 Å². The lowest BCUT2D eigenvalue weighted by Gasteiger charge is -2.46. The third kappa shape index (κ3) is 2.88. The minimum atomic E-state index is -0.418. The Morgan fingerprint density at radius 2 is 1.50 bits per heavy atom. The van der Waals surface area contributed by atoms with E-state index in [9.17, 15) is 4.79 Å². The number of hydroxylamine groups is 3. The first-order chi connectivity index (χ1) is 11.7. The standard InChI is InChI=1S/C21H30NO2/c23-20(24-22-15-10-18(11-16-22)12-17-22)21(13-6-1-2-7-14-21)19-8-4-3-5-9-19/h3-5,8-9,18H,1-2,6-7,10-17H2/q+1. The largest absolute Gasteiger partial charge is 0.377 e. The predicted molar refractivity (Wildman–Crippen MR) is 94.1 cm³/mol. The van der Waals surface area contributed by atoms with Crippen LogP contribution in [0.2, 0.25) is 0 Å². The zero-order chi connectivity index (χ0) is 16.5. The van der Waals surface area contributed by atoms with Gasteiger partial charge in [-0.3, -0.25) is 4.84 Å². The molecule has 3 heterocycles. The van der Waals surface area contributed by atoms with Gasteiger partial charge in [0.15, 0.2) is 0 Å². The van der Waals surface area contributed by atoms with Crippen LogP contribution in [0.5, 0.6) is 0 Å². The lowest BCUT2D eigenvalue weighted by atomic mass is 9.74. The first kappa shape index (κ1) is 16.1. The third-order valence-electron chi connectivity index (χ3n) is 6.79. The van der Waals surface area contributed by atoms with Gasteiger partial charge in [-0.25, -0.2) is 4.79 Å². The van der Waals surface area contributed by atoms with Gasteiger partial charge in [-0.2, -0.15) is 0 Å². The molecule has 130 valence electrons. The second-order valence-corrected chi connectivity index (χ2v) is 8.20. The molecule has 3 heteroatoms. The van der Waals surface area contributed by atoms with Gasteiger partial charge in [0.25, 0.3) is 0 Å². The zero-order valence-electron chi connectivity index (χ0n) is 14.7. The van der Waals surface area contributed by atoms with Gasteiger partial charge in [-0.1, -0.05) is 56.0 Å². The predicted octanol–water partition coefficient (Wildman–Crippen LogP) is 4.37. The summed E-state index contributed by atoms with van der Waals surface area (Å²) in [6.45, 7) is 3.09. The third-order valence-corrected chi connectivity index (χ3v) is 6.79. The van der Waals surface area contributed by atoms with Gasteiger partial charge in [0.05, 0.1) is 5.41 Å². The molecule has 0 amide bonds. The van der Waals surface area contributed by atoms with Gasteiger partial charge in [-0.15, -0.1) is 4.65 Å². The number of hydrogen-bond acceptors (Lipinski definition) is 2. The fourth-order valence-electron chi connectivity index (χ4n) is 5.12. The van der Waals surface area contributed by atoms with Crippen molar-refractivity contribution in [1.82, 2.24) is 0 Å². The Morgan fingerprint density at radius 3 is 2.08 bits per heavy atom. The van der Waals surface area contributed by atoms with Crippen LogP contribution in [0.3, 0.4) is 0 Å². The number of carbonyl (C=O) groups is 1. The molecule has 0 N–H and O–H groups in total. The van der Waals surface area contributed by atoms with Gasteiger partial charge in [-0.05, 0) is 24.3 Å². The van der Waals surface area contributed by atoms with Crippen LogP contribution in [-0.2, 0) is 15.0 Å². The lowest BCUT2D eigenvalue weighted by Crippen LogP contribution is -2.60. The molecule has 1 aliphatic carbocycles. The maximum absolute atomic E-state index is 13.5. The average Bonchev–Trinajstić information content (AvgIpc) is 2.91. The van der Waals surface area contributed by atoms with E-state index in [-0.39, 0.29) is 5.97 Å². The summed E-state index contributed by atoms with van der Waals surface area (Å²) in [7, 11) is 0. The molecular formula is C21H30NO2+. The average molecular weight is 328 g/mol. The number of quaternary nitrogens is 1. The fourth-order valence-corrected chi connectivity index (χ4v) is 5.12. The highest BCUT2D eigenvalue weighted by Gasteiger charge is 2.49. The van der Waals surface area contributed by atoms with E-state index in [0.29, 0.717) is 4.65 Å². The number of nitrogens with zero attached hydrogens (tertiary/aromatic N) is 1. The second-order valence-electron chi connectivity index (χ2n) is 8.20. The van der Waals surface area contributed by atoms with Gasteiger partial charge >= 0.3 is 5.97 Å². The van der Waals surface area contributed by atoms with E-state index in [1.54, 1.807) is 0 Å². The molecule has 3 nitrogen and oxygen atoms in total. The molecule has 1 aromatic carbocycles. The summed E-state index contributed by atoms with van der Waals surface area (Å²) >= 11 is 0. The molecule has 5 rings (SSSR count). The number of piperidine rings is 3. The van der Waals surface area contributed by atoms with Crippen molar-refractivity contribution in [3.63, 3.8) is 0 Å². The van der Waals surface area contributed by atoms with Crippen LogP contribution in [0.15, 0.2) is 30.3 Å².